The molecule has 3 rings (SSSR count). The number of nitrogens with zero attached hydrogens (tertiary/aromatic N) is 1. The summed E-state index contributed by atoms with van der Waals surface area (Å²) in [5, 5.41) is 0. The molecule has 10 nitrogen and oxygen atoms in total. The van der Waals surface area contributed by atoms with E-state index in [2.05, 4.69) is 11.1 Å². The van der Waals surface area contributed by atoms with Crippen molar-refractivity contribution in [1.82, 2.24) is 4.98 Å². The fourth-order valence-corrected chi connectivity index (χ4v) is 5.89. The highest BCUT2D eigenvalue weighted by Crippen LogP contribution is 2.39. The summed E-state index contributed by atoms with van der Waals surface area (Å²) in [7, 11) is 0. The van der Waals surface area contributed by atoms with Crippen molar-refractivity contribution in [3.05, 3.63) is 75.7 Å². The molecule has 238 valence electrons. The molecule has 1 saturated heterocycles. The van der Waals surface area contributed by atoms with Gasteiger partial charge in [-0.25, -0.2) is 4.98 Å². The van der Waals surface area contributed by atoms with Crippen LogP contribution in [0.25, 0.3) is 0 Å². The first-order valence-electron chi connectivity index (χ1n) is 14.2. The first-order valence-corrected chi connectivity index (χ1v) is 15.2. The van der Waals surface area contributed by atoms with Crippen molar-refractivity contribution in [2.45, 2.75) is 90.7 Å². The van der Waals surface area contributed by atoms with E-state index in [1.165, 1.54) is 40.0 Å². The van der Waals surface area contributed by atoms with Gasteiger partial charge in [-0.1, -0.05) is 37.3 Å². The summed E-state index contributed by atoms with van der Waals surface area (Å²) >= 11 is 1.63. The van der Waals surface area contributed by atoms with Crippen LogP contribution >= 0.6 is 11.8 Å². The van der Waals surface area contributed by atoms with Gasteiger partial charge in [0, 0.05) is 46.1 Å². The van der Waals surface area contributed by atoms with Gasteiger partial charge in [-0.15, -0.1) is 11.8 Å². The van der Waals surface area contributed by atoms with Crippen LogP contribution in [0.4, 0.5) is 4.39 Å². The molecule has 1 aromatic heterocycles. The molecular weight excluding hydrogens is 593 g/mol. The Balaban J connectivity index is 1.99. The molecule has 0 bridgehead atoms. The summed E-state index contributed by atoms with van der Waals surface area (Å²) in [5.41, 5.74) is 3.48. The highest BCUT2D eigenvalue weighted by Gasteiger charge is 2.52. The van der Waals surface area contributed by atoms with Crippen LogP contribution in [-0.2, 0) is 55.0 Å². The predicted molar refractivity (Wildman–Crippen MR) is 160 cm³/mol. The Hall–Kier alpha value is -3.77. The lowest BCUT2D eigenvalue weighted by molar-refractivity contribution is -0.254. The molecule has 0 amide bonds. The number of rotatable bonds is 12. The number of pyridine rings is 1. The van der Waals surface area contributed by atoms with Crippen LogP contribution in [0.5, 0.6) is 0 Å². The largest absolute Gasteiger partial charge is 0.463 e. The molecule has 1 aliphatic rings. The Morgan fingerprint density at radius 1 is 0.932 bits per heavy atom. The zero-order valence-corrected chi connectivity index (χ0v) is 26.5. The van der Waals surface area contributed by atoms with E-state index in [9.17, 15) is 23.6 Å². The molecule has 0 aliphatic carbocycles. The van der Waals surface area contributed by atoms with Gasteiger partial charge >= 0.3 is 23.9 Å². The summed E-state index contributed by atoms with van der Waals surface area (Å²) < 4.78 is 41.5. The number of ether oxygens (including phenoxy) is 5. The number of benzene rings is 1. The Morgan fingerprint density at radius 3 is 2.18 bits per heavy atom. The second kappa shape index (κ2) is 16.3. The van der Waals surface area contributed by atoms with Gasteiger partial charge < -0.3 is 23.7 Å². The first kappa shape index (κ1) is 34.7. The topological polar surface area (TPSA) is 127 Å². The number of aromatic nitrogens is 1. The minimum Gasteiger partial charge on any atom is -0.463 e. The maximum Gasteiger partial charge on any atom is 0.303 e. The van der Waals surface area contributed by atoms with E-state index in [-0.39, 0.29) is 6.61 Å². The first-order chi connectivity index (χ1) is 20.9. The summed E-state index contributed by atoms with van der Waals surface area (Å²) in [6.07, 6.45) is -0.630. The minimum atomic E-state index is -1.25. The molecule has 0 saturated carbocycles. The molecule has 5 atom stereocenters. The number of thioether (sulfide) groups is 1. The Kier molecular flexibility index (Phi) is 12.9. The van der Waals surface area contributed by atoms with E-state index in [1.807, 2.05) is 32.0 Å². The number of hydrogen-bond acceptors (Lipinski definition) is 11. The standard InChI is InChI=1S/C32H38FNO9S/c1-7-8-26(44-17-23-10-12-28(33)34-15-23)14-25-13-24(11-9-18(25)2)29-31(41-21(5)37)32(42-22(6)38)30(40-20(4)36)27(43-29)16-39-19(3)35/h8-13,15,27,29-32H,7,14,16-17H2,1-6H3/b26-8-/t27?,29-,30+,31-,32?/m0/s1. The second-order valence-corrected chi connectivity index (χ2v) is 11.4. The van der Waals surface area contributed by atoms with Crippen LogP contribution in [-0.4, -0.2) is 59.9 Å². The quantitative estimate of drug-likeness (QED) is 0.176. The fourth-order valence-electron chi connectivity index (χ4n) is 4.82. The minimum absolute atomic E-state index is 0.300. The zero-order valence-electron chi connectivity index (χ0n) is 25.7. The van der Waals surface area contributed by atoms with E-state index in [4.69, 9.17) is 23.7 Å². The van der Waals surface area contributed by atoms with Gasteiger partial charge in [0.1, 0.15) is 18.8 Å². The number of halogens is 1. The van der Waals surface area contributed by atoms with Crippen molar-refractivity contribution in [2.24, 2.45) is 0 Å². The molecule has 2 aromatic rings. The van der Waals surface area contributed by atoms with Crippen molar-refractivity contribution in [3.8, 4) is 0 Å². The smallest absolute Gasteiger partial charge is 0.303 e. The summed E-state index contributed by atoms with van der Waals surface area (Å²) in [5.74, 6) is -2.54. The number of carbonyl (C=O) groups is 4. The van der Waals surface area contributed by atoms with Crippen molar-refractivity contribution in [3.63, 3.8) is 0 Å². The van der Waals surface area contributed by atoms with Crippen LogP contribution in [0.1, 0.15) is 69.4 Å². The summed E-state index contributed by atoms with van der Waals surface area (Å²) in [6.45, 7) is 8.52. The number of aryl methyl sites for hydroxylation is 1. The van der Waals surface area contributed by atoms with Crippen molar-refractivity contribution < 1.29 is 47.3 Å². The fraction of sp³-hybridized carbons (Fsp3) is 0.469. The van der Waals surface area contributed by atoms with Gasteiger partial charge in [-0.2, -0.15) is 4.39 Å². The zero-order chi connectivity index (χ0) is 32.4. The van der Waals surface area contributed by atoms with Crippen LogP contribution in [0.15, 0.2) is 47.5 Å². The van der Waals surface area contributed by atoms with Crippen LogP contribution in [0.2, 0.25) is 0 Å². The van der Waals surface area contributed by atoms with Gasteiger partial charge in [0.2, 0.25) is 5.95 Å². The maximum absolute atomic E-state index is 13.3. The third kappa shape index (κ3) is 10.2. The highest BCUT2D eigenvalue weighted by atomic mass is 32.2. The third-order valence-electron chi connectivity index (χ3n) is 6.70. The van der Waals surface area contributed by atoms with Crippen LogP contribution in [0.3, 0.4) is 0 Å². The Labute approximate surface area is 260 Å². The molecule has 2 unspecified atom stereocenters. The molecule has 12 heteroatoms. The summed E-state index contributed by atoms with van der Waals surface area (Å²) in [4.78, 5) is 53.0. The second-order valence-electron chi connectivity index (χ2n) is 10.3. The molecule has 2 heterocycles. The van der Waals surface area contributed by atoms with Gasteiger partial charge in [-0.3, -0.25) is 19.2 Å². The molecule has 0 radical (unpaired) electrons. The van der Waals surface area contributed by atoms with Crippen molar-refractivity contribution in [1.29, 1.82) is 0 Å². The SMILES string of the molecule is CC/C=C(/Cc1cc([C@@H]2OC(COC(C)=O)[C@@H](OC(C)=O)C(OC(C)=O)[C@H]2OC(C)=O)ccc1C)SCc1ccc(F)nc1. The lowest BCUT2D eigenvalue weighted by atomic mass is 9.89. The summed E-state index contributed by atoms with van der Waals surface area (Å²) in [6, 6.07) is 8.70. The lowest BCUT2D eigenvalue weighted by Crippen LogP contribution is -2.59. The number of allylic oxidation sites excluding steroid dienone is 2. The molecule has 44 heavy (non-hydrogen) atoms. The molecule has 0 spiro atoms. The van der Waals surface area contributed by atoms with E-state index >= 15 is 0 Å². The molecule has 1 fully saturated rings. The molecule has 1 aromatic carbocycles. The number of esters is 4. The van der Waals surface area contributed by atoms with Crippen molar-refractivity contribution in [2.75, 3.05) is 6.61 Å². The van der Waals surface area contributed by atoms with E-state index in [0.717, 1.165) is 28.0 Å². The number of hydrogen-bond donors (Lipinski definition) is 0. The van der Waals surface area contributed by atoms with Crippen LogP contribution < -0.4 is 0 Å². The number of carbonyl (C=O) groups excluding carboxylic acids is 4. The Bertz CT molecular complexity index is 1360. The molecule has 0 N–H and O–H groups in total. The van der Waals surface area contributed by atoms with Crippen molar-refractivity contribution >= 4 is 35.6 Å². The van der Waals surface area contributed by atoms with Crippen LogP contribution in [0, 0.1) is 12.9 Å². The third-order valence-corrected chi connectivity index (χ3v) is 7.86. The normalized spacial score (nSPS) is 21.7. The monoisotopic (exact) mass is 631 g/mol. The molecule has 1 aliphatic heterocycles. The Morgan fingerprint density at radius 2 is 1.59 bits per heavy atom. The van der Waals surface area contributed by atoms with Gasteiger partial charge in [-0.05, 0) is 46.6 Å². The van der Waals surface area contributed by atoms with E-state index in [0.29, 0.717) is 17.7 Å². The molecular formula is C32H38FNO9S. The van der Waals surface area contributed by atoms with E-state index < -0.39 is 60.3 Å². The predicted octanol–water partition coefficient (Wildman–Crippen LogP) is 5.10. The lowest BCUT2D eigenvalue weighted by Gasteiger charge is -2.44. The van der Waals surface area contributed by atoms with E-state index in [1.54, 1.807) is 17.8 Å². The van der Waals surface area contributed by atoms with Gasteiger partial charge in [0.15, 0.2) is 18.3 Å². The highest BCUT2D eigenvalue weighted by molar-refractivity contribution is 8.02. The average molecular weight is 632 g/mol. The average Bonchev–Trinajstić information content (AvgIpc) is 2.94. The van der Waals surface area contributed by atoms with Gasteiger partial charge in [0.25, 0.3) is 0 Å². The van der Waals surface area contributed by atoms with Gasteiger partial charge in [0.05, 0.1) is 0 Å². The maximum atomic E-state index is 13.3.